The van der Waals surface area contributed by atoms with Crippen molar-refractivity contribution in [2.24, 2.45) is 0 Å². The van der Waals surface area contributed by atoms with Gasteiger partial charge in [0.25, 0.3) is 0 Å². The van der Waals surface area contributed by atoms with Crippen LogP contribution in [0.25, 0.3) is 11.1 Å². The van der Waals surface area contributed by atoms with E-state index >= 15 is 0 Å². The number of nitrogen functional groups attached to an aromatic ring is 1. The Morgan fingerprint density at radius 1 is 1.09 bits per heavy atom. The second-order valence-electron chi connectivity index (χ2n) is 8.45. The number of hydrogen-bond acceptors (Lipinski definition) is 7. The third-order valence-corrected chi connectivity index (χ3v) is 6.71. The Morgan fingerprint density at radius 3 is 2.46 bits per heavy atom. The molecule has 1 aliphatic heterocycles. The summed E-state index contributed by atoms with van der Waals surface area (Å²) < 4.78 is 5.35. The average molecular weight is 495 g/mol. The van der Waals surface area contributed by atoms with Crippen LogP contribution in [0.15, 0.2) is 59.3 Å². The molecule has 2 aromatic carbocycles. The maximum absolute atomic E-state index is 13.2. The number of morpholine rings is 1. The lowest BCUT2D eigenvalue weighted by atomic mass is 9.95. The van der Waals surface area contributed by atoms with Crippen LogP contribution in [0.5, 0.6) is 0 Å². The second-order valence-corrected chi connectivity index (χ2v) is 9.23. The van der Waals surface area contributed by atoms with Crippen molar-refractivity contribution in [3.8, 4) is 11.1 Å². The molecule has 1 fully saturated rings. The van der Waals surface area contributed by atoms with Crippen molar-refractivity contribution < 1.29 is 19.4 Å². The van der Waals surface area contributed by atoms with Gasteiger partial charge in [0.1, 0.15) is 0 Å². The molecular weight excluding hydrogens is 464 g/mol. The largest absolute Gasteiger partial charge is 0.397 e. The van der Waals surface area contributed by atoms with E-state index in [2.05, 4.69) is 16.0 Å². The lowest BCUT2D eigenvalue weighted by Crippen LogP contribution is -2.45. The zero-order valence-electron chi connectivity index (χ0n) is 19.6. The number of amides is 2. The molecule has 8 nitrogen and oxygen atoms in total. The SMILES string of the molecule is CC(=O)NCC(C(=O)N1CCOCC1)c1ccc(C(O)Nc2cc(-c3ccsc3)ccc2N)cc1. The van der Waals surface area contributed by atoms with Gasteiger partial charge in [-0.3, -0.25) is 9.59 Å². The molecule has 2 unspecified atom stereocenters. The Kier molecular flexibility index (Phi) is 8.02. The first-order valence-electron chi connectivity index (χ1n) is 11.5. The van der Waals surface area contributed by atoms with E-state index in [1.807, 2.05) is 41.8 Å². The van der Waals surface area contributed by atoms with Crippen LogP contribution in [-0.2, 0) is 14.3 Å². The number of aliphatic hydroxyl groups is 1. The van der Waals surface area contributed by atoms with Crippen LogP contribution in [0, 0.1) is 0 Å². The molecule has 0 aliphatic carbocycles. The predicted molar refractivity (Wildman–Crippen MR) is 138 cm³/mol. The molecule has 9 heteroatoms. The Bertz CT molecular complexity index is 1140. The zero-order valence-corrected chi connectivity index (χ0v) is 20.4. The minimum atomic E-state index is -0.993. The van der Waals surface area contributed by atoms with Gasteiger partial charge < -0.3 is 31.1 Å². The monoisotopic (exact) mass is 494 g/mol. The Balaban J connectivity index is 1.49. The molecule has 1 aromatic heterocycles. The number of aliphatic hydroxyl groups excluding tert-OH is 1. The van der Waals surface area contributed by atoms with Gasteiger partial charge in [-0.25, -0.2) is 0 Å². The van der Waals surface area contributed by atoms with Crippen molar-refractivity contribution in [3.63, 3.8) is 0 Å². The zero-order chi connectivity index (χ0) is 24.8. The van der Waals surface area contributed by atoms with Crippen molar-refractivity contribution in [2.75, 3.05) is 43.9 Å². The highest BCUT2D eigenvalue weighted by Gasteiger charge is 2.27. The Morgan fingerprint density at radius 2 is 1.80 bits per heavy atom. The topological polar surface area (TPSA) is 117 Å². The third kappa shape index (κ3) is 6.19. The van der Waals surface area contributed by atoms with E-state index in [1.165, 1.54) is 6.92 Å². The van der Waals surface area contributed by atoms with Crippen molar-refractivity contribution in [1.29, 1.82) is 0 Å². The average Bonchev–Trinajstić information content (AvgIpc) is 3.41. The van der Waals surface area contributed by atoms with E-state index in [4.69, 9.17) is 10.5 Å². The molecule has 2 amide bonds. The molecule has 4 rings (SSSR count). The fourth-order valence-corrected chi connectivity index (χ4v) is 4.69. The van der Waals surface area contributed by atoms with Gasteiger partial charge in [-0.2, -0.15) is 11.3 Å². The van der Waals surface area contributed by atoms with Crippen LogP contribution in [0.2, 0.25) is 0 Å². The third-order valence-electron chi connectivity index (χ3n) is 6.03. The van der Waals surface area contributed by atoms with Gasteiger partial charge in [-0.05, 0) is 45.6 Å². The first-order valence-corrected chi connectivity index (χ1v) is 12.4. The fraction of sp³-hybridized carbons (Fsp3) is 0.308. The summed E-state index contributed by atoms with van der Waals surface area (Å²) in [5.41, 5.74) is 10.8. The molecule has 3 aromatic rings. The Hall–Kier alpha value is -3.40. The highest BCUT2D eigenvalue weighted by Crippen LogP contribution is 2.31. The molecule has 0 saturated carbocycles. The molecule has 0 spiro atoms. The minimum Gasteiger partial charge on any atom is -0.397 e. The summed E-state index contributed by atoms with van der Waals surface area (Å²) in [7, 11) is 0. The summed E-state index contributed by atoms with van der Waals surface area (Å²) in [6.45, 7) is 3.71. The van der Waals surface area contributed by atoms with Crippen LogP contribution < -0.4 is 16.4 Å². The number of ether oxygens (including phenoxy) is 1. The summed E-state index contributed by atoms with van der Waals surface area (Å²) in [5, 5.41) is 20.7. The van der Waals surface area contributed by atoms with Crippen molar-refractivity contribution in [1.82, 2.24) is 10.2 Å². The molecule has 2 heterocycles. The molecule has 0 radical (unpaired) electrons. The van der Waals surface area contributed by atoms with E-state index < -0.39 is 12.1 Å². The number of rotatable bonds is 8. The molecule has 1 saturated heterocycles. The first-order chi connectivity index (χ1) is 16.9. The molecule has 0 bridgehead atoms. The number of nitrogens with zero attached hydrogens (tertiary/aromatic N) is 1. The van der Waals surface area contributed by atoms with Crippen molar-refractivity contribution in [3.05, 3.63) is 70.4 Å². The van der Waals surface area contributed by atoms with Crippen LogP contribution in [-0.4, -0.2) is 54.7 Å². The molecule has 5 N–H and O–H groups in total. The predicted octanol–water partition coefficient (Wildman–Crippen LogP) is 3.18. The summed E-state index contributed by atoms with van der Waals surface area (Å²) in [6, 6.07) is 14.9. The maximum Gasteiger partial charge on any atom is 0.232 e. The van der Waals surface area contributed by atoms with Gasteiger partial charge in [0, 0.05) is 32.1 Å². The fourth-order valence-electron chi connectivity index (χ4n) is 4.03. The van der Waals surface area contributed by atoms with Gasteiger partial charge in [-0.1, -0.05) is 30.3 Å². The van der Waals surface area contributed by atoms with Gasteiger partial charge in [0.2, 0.25) is 11.8 Å². The summed E-state index contributed by atoms with van der Waals surface area (Å²) in [6.07, 6.45) is -0.993. The van der Waals surface area contributed by atoms with Gasteiger partial charge in [0.05, 0.1) is 30.5 Å². The van der Waals surface area contributed by atoms with Gasteiger partial charge >= 0.3 is 0 Å². The van der Waals surface area contributed by atoms with E-state index in [0.29, 0.717) is 43.2 Å². The summed E-state index contributed by atoms with van der Waals surface area (Å²) in [4.78, 5) is 26.5. The first kappa shape index (κ1) is 24.7. The molecule has 35 heavy (non-hydrogen) atoms. The molecular formula is C26H30N4O4S. The number of thiophene rings is 1. The number of anilines is 2. The van der Waals surface area contributed by atoms with Gasteiger partial charge in [0.15, 0.2) is 6.23 Å². The van der Waals surface area contributed by atoms with E-state index in [9.17, 15) is 14.7 Å². The standard InChI is InChI=1S/C26H30N4O4S/c1-17(31)28-15-22(26(33)30-9-11-34-12-10-30)18-2-4-19(5-3-18)25(32)29-24-14-20(6-7-23(24)27)21-8-13-35-16-21/h2-8,13-14,16,22,25,29,32H,9-12,15,27H2,1H3,(H,28,31). The molecule has 2 atom stereocenters. The smallest absolute Gasteiger partial charge is 0.232 e. The highest BCUT2D eigenvalue weighted by molar-refractivity contribution is 7.08. The summed E-state index contributed by atoms with van der Waals surface area (Å²) >= 11 is 1.62. The van der Waals surface area contributed by atoms with E-state index in [1.54, 1.807) is 28.4 Å². The highest BCUT2D eigenvalue weighted by atomic mass is 32.1. The van der Waals surface area contributed by atoms with Crippen molar-refractivity contribution >= 4 is 34.5 Å². The normalized spacial score (nSPS) is 15.3. The number of nitrogens with one attached hydrogen (secondary N) is 2. The van der Waals surface area contributed by atoms with Gasteiger partial charge in [-0.15, -0.1) is 0 Å². The van der Waals surface area contributed by atoms with E-state index in [0.717, 1.165) is 16.7 Å². The van der Waals surface area contributed by atoms with E-state index in [-0.39, 0.29) is 18.4 Å². The van der Waals surface area contributed by atoms with Crippen LogP contribution >= 0.6 is 11.3 Å². The number of carbonyl (C=O) groups is 2. The van der Waals surface area contributed by atoms with Crippen molar-refractivity contribution in [2.45, 2.75) is 19.1 Å². The maximum atomic E-state index is 13.2. The summed E-state index contributed by atoms with van der Waals surface area (Å²) in [5.74, 6) is -0.760. The second kappa shape index (κ2) is 11.4. The number of hydrogen-bond donors (Lipinski definition) is 4. The van der Waals surface area contributed by atoms with Crippen LogP contribution in [0.3, 0.4) is 0 Å². The lowest BCUT2D eigenvalue weighted by Gasteiger charge is -2.30. The molecule has 1 aliphatic rings. The lowest BCUT2D eigenvalue weighted by molar-refractivity contribution is -0.136. The number of nitrogens with two attached hydrogens (primary N) is 1. The quantitative estimate of drug-likeness (QED) is 0.282. The van der Waals surface area contributed by atoms with Crippen LogP contribution in [0.4, 0.5) is 11.4 Å². The van der Waals surface area contributed by atoms with Crippen LogP contribution in [0.1, 0.15) is 30.2 Å². The minimum absolute atomic E-state index is 0.0495. The number of benzene rings is 2. The number of carbonyl (C=O) groups excluding carboxylic acids is 2. The Labute approximate surface area is 208 Å². The molecule has 184 valence electrons.